The molecule has 0 radical (unpaired) electrons. The SMILES string of the molecule is O=C(Cc1cc(C(F)(F)F)cc(C(F)(F)F)c1)N1CCC(CCN2CCN(C3CCCCC3)CC2)(c2ccc(C(Cl)(Cl)Cl)c(C(Cl)(Cl)Cl)c2)C1. The summed E-state index contributed by atoms with van der Waals surface area (Å²) in [6.07, 6.45) is -3.42. The topological polar surface area (TPSA) is 26.8 Å². The first-order valence-corrected chi connectivity index (χ1v) is 18.7. The van der Waals surface area contributed by atoms with E-state index in [9.17, 15) is 31.1 Å². The summed E-state index contributed by atoms with van der Waals surface area (Å²) in [5, 5.41) is 0. The maximum Gasteiger partial charge on any atom is 0.416 e. The van der Waals surface area contributed by atoms with Crippen LogP contribution in [0.2, 0.25) is 0 Å². The van der Waals surface area contributed by atoms with E-state index in [2.05, 4.69) is 9.80 Å². The van der Waals surface area contributed by atoms with Crippen LogP contribution >= 0.6 is 69.6 Å². The third-order valence-corrected chi connectivity index (χ3v) is 11.6. The standard InChI is InChI=1S/C34H37Cl6F6N3O/c35-31(36,37)27-7-6-23(20-28(27)32(38,39)40)30(8-10-47-12-14-48(15-13-47)26-4-2-1-3-5-26)9-11-49(21-30)29(50)18-22-16-24(33(41,42)43)19-25(17-22)34(44,45)46/h6-7,16-17,19-20,26H,1-5,8-15,18,21H2. The van der Waals surface area contributed by atoms with Gasteiger partial charge in [-0.1, -0.05) is 107 Å². The molecule has 50 heavy (non-hydrogen) atoms. The highest BCUT2D eigenvalue weighted by molar-refractivity contribution is 6.69. The van der Waals surface area contributed by atoms with Crippen LogP contribution in [0.25, 0.3) is 0 Å². The van der Waals surface area contributed by atoms with E-state index in [1.165, 1.54) is 37.0 Å². The van der Waals surface area contributed by atoms with E-state index in [0.29, 0.717) is 43.1 Å². The molecule has 1 atom stereocenters. The van der Waals surface area contributed by atoms with Crippen molar-refractivity contribution in [2.75, 3.05) is 45.8 Å². The Morgan fingerprint density at radius 1 is 0.740 bits per heavy atom. The van der Waals surface area contributed by atoms with E-state index in [1.807, 2.05) is 0 Å². The van der Waals surface area contributed by atoms with Crippen molar-refractivity contribution in [1.29, 1.82) is 0 Å². The summed E-state index contributed by atoms with van der Waals surface area (Å²) in [4.78, 5) is 20.0. The van der Waals surface area contributed by atoms with Crippen LogP contribution in [0.4, 0.5) is 26.3 Å². The molecule has 0 N–H and O–H groups in total. The van der Waals surface area contributed by atoms with Gasteiger partial charge in [0.1, 0.15) is 0 Å². The largest absolute Gasteiger partial charge is 0.416 e. The second kappa shape index (κ2) is 15.5. The molecule has 2 heterocycles. The number of amides is 1. The summed E-state index contributed by atoms with van der Waals surface area (Å²) >= 11 is 37.7. The molecule has 1 amide bonds. The average Bonchev–Trinajstić information content (AvgIpc) is 3.48. The van der Waals surface area contributed by atoms with Gasteiger partial charge in [0.2, 0.25) is 13.5 Å². The number of rotatable bonds is 7. The molecule has 3 fully saturated rings. The molecule has 16 heteroatoms. The lowest BCUT2D eigenvalue weighted by molar-refractivity contribution is -0.143. The number of piperazine rings is 1. The molecule has 3 aliphatic rings. The molecule has 2 saturated heterocycles. The van der Waals surface area contributed by atoms with Crippen molar-refractivity contribution in [3.8, 4) is 0 Å². The number of carbonyl (C=O) groups excluding carboxylic acids is 1. The Balaban J connectivity index is 1.40. The van der Waals surface area contributed by atoms with Crippen LogP contribution in [0.15, 0.2) is 36.4 Å². The van der Waals surface area contributed by atoms with Gasteiger partial charge >= 0.3 is 12.4 Å². The van der Waals surface area contributed by atoms with Gasteiger partial charge in [0.05, 0.1) is 17.5 Å². The van der Waals surface area contributed by atoms with Crippen molar-refractivity contribution in [2.24, 2.45) is 0 Å². The maximum absolute atomic E-state index is 13.6. The Morgan fingerprint density at radius 3 is 1.86 bits per heavy atom. The molecular weight excluding hydrogens is 793 g/mol. The van der Waals surface area contributed by atoms with Crippen LogP contribution < -0.4 is 0 Å². The smallest absolute Gasteiger partial charge is 0.341 e. The van der Waals surface area contributed by atoms with Crippen LogP contribution in [0.3, 0.4) is 0 Å². The highest BCUT2D eigenvalue weighted by atomic mass is 35.6. The number of halogens is 12. The molecule has 1 aliphatic carbocycles. The van der Waals surface area contributed by atoms with Gasteiger partial charge in [-0.3, -0.25) is 9.69 Å². The predicted octanol–water partition coefficient (Wildman–Crippen LogP) is 10.4. The van der Waals surface area contributed by atoms with E-state index in [-0.39, 0.29) is 35.8 Å². The molecule has 278 valence electrons. The summed E-state index contributed by atoms with van der Waals surface area (Å²) in [7, 11) is 0. The zero-order chi connectivity index (χ0) is 36.7. The first-order chi connectivity index (χ1) is 23.2. The Bertz CT molecular complexity index is 1480. The van der Waals surface area contributed by atoms with Gasteiger partial charge in [0.25, 0.3) is 0 Å². The monoisotopic (exact) mass is 827 g/mol. The highest BCUT2D eigenvalue weighted by Gasteiger charge is 2.44. The zero-order valence-electron chi connectivity index (χ0n) is 26.9. The van der Waals surface area contributed by atoms with Gasteiger partial charge in [-0.25, -0.2) is 0 Å². The molecule has 5 rings (SSSR count). The fourth-order valence-corrected chi connectivity index (χ4v) is 8.57. The van der Waals surface area contributed by atoms with Gasteiger partial charge in [0.15, 0.2) is 0 Å². The first-order valence-electron chi connectivity index (χ1n) is 16.5. The normalized spacial score (nSPS) is 22.4. The number of hydrogen-bond acceptors (Lipinski definition) is 3. The zero-order valence-corrected chi connectivity index (χ0v) is 31.5. The van der Waals surface area contributed by atoms with E-state index < -0.39 is 48.8 Å². The van der Waals surface area contributed by atoms with Crippen molar-refractivity contribution >= 4 is 75.5 Å². The van der Waals surface area contributed by atoms with Gasteiger partial charge in [-0.05, 0) is 61.6 Å². The molecule has 2 aromatic carbocycles. The van der Waals surface area contributed by atoms with Crippen LogP contribution in [0.1, 0.15) is 78.3 Å². The minimum Gasteiger partial charge on any atom is -0.341 e. The lowest BCUT2D eigenvalue weighted by Crippen LogP contribution is -2.51. The third-order valence-electron chi connectivity index (χ3n) is 10.4. The molecule has 1 saturated carbocycles. The molecule has 2 aromatic rings. The summed E-state index contributed by atoms with van der Waals surface area (Å²) in [5.74, 6) is -0.597. The Kier molecular flexibility index (Phi) is 12.5. The minimum atomic E-state index is -5.03. The molecular formula is C34H37Cl6F6N3O. The number of benzene rings is 2. The molecule has 1 unspecified atom stereocenters. The van der Waals surface area contributed by atoms with Crippen LogP contribution in [0, 0.1) is 0 Å². The van der Waals surface area contributed by atoms with Crippen LogP contribution in [-0.4, -0.2) is 72.5 Å². The highest BCUT2D eigenvalue weighted by Crippen LogP contribution is 2.50. The molecule has 0 spiro atoms. The molecule has 0 aromatic heterocycles. The van der Waals surface area contributed by atoms with E-state index in [1.54, 1.807) is 18.2 Å². The van der Waals surface area contributed by atoms with Crippen molar-refractivity contribution < 1.29 is 31.1 Å². The third kappa shape index (κ3) is 9.82. The molecule has 0 bridgehead atoms. The molecule has 4 nitrogen and oxygen atoms in total. The minimum absolute atomic E-state index is 0.0486. The fraction of sp³-hybridized carbons (Fsp3) is 0.618. The van der Waals surface area contributed by atoms with Crippen LogP contribution in [0.5, 0.6) is 0 Å². The van der Waals surface area contributed by atoms with Gasteiger partial charge in [0, 0.05) is 61.9 Å². The number of alkyl halides is 12. The number of hydrogen-bond donors (Lipinski definition) is 0. The quantitative estimate of drug-likeness (QED) is 0.206. The van der Waals surface area contributed by atoms with Crippen molar-refractivity contribution in [2.45, 2.75) is 82.8 Å². The summed E-state index contributed by atoms with van der Waals surface area (Å²) < 4.78 is 77.2. The van der Waals surface area contributed by atoms with E-state index >= 15 is 0 Å². The summed E-state index contributed by atoms with van der Waals surface area (Å²) in [6, 6.07) is 6.82. The summed E-state index contributed by atoms with van der Waals surface area (Å²) in [5.41, 5.74) is -2.99. The van der Waals surface area contributed by atoms with Crippen molar-refractivity contribution in [3.05, 3.63) is 69.8 Å². The number of nitrogens with zero attached hydrogens (tertiary/aromatic N) is 3. The Hall–Kier alpha value is -0.850. The lowest BCUT2D eigenvalue weighted by Gasteiger charge is -2.42. The predicted molar refractivity (Wildman–Crippen MR) is 187 cm³/mol. The van der Waals surface area contributed by atoms with Gasteiger partial charge in [-0.2, -0.15) is 26.3 Å². The number of carbonyl (C=O) groups is 1. The lowest BCUT2D eigenvalue weighted by atomic mass is 9.75. The van der Waals surface area contributed by atoms with E-state index in [4.69, 9.17) is 69.6 Å². The van der Waals surface area contributed by atoms with Crippen molar-refractivity contribution in [1.82, 2.24) is 14.7 Å². The summed E-state index contributed by atoms with van der Waals surface area (Å²) in [6.45, 7) is 4.69. The van der Waals surface area contributed by atoms with Gasteiger partial charge in [-0.15, -0.1) is 0 Å². The second-order valence-corrected chi connectivity index (χ2v) is 18.2. The average molecular weight is 830 g/mol. The second-order valence-electron chi connectivity index (χ2n) is 13.6. The van der Waals surface area contributed by atoms with Crippen LogP contribution in [-0.2, 0) is 36.6 Å². The Morgan fingerprint density at radius 2 is 1.32 bits per heavy atom. The first kappa shape index (κ1) is 40.3. The van der Waals surface area contributed by atoms with Crippen molar-refractivity contribution in [3.63, 3.8) is 0 Å². The Labute approximate surface area is 318 Å². The maximum atomic E-state index is 13.6. The van der Waals surface area contributed by atoms with E-state index in [0.717, 1.165) is 26.2 Å². The number of likely N-dealkylation sites (tertiary alicyclic amines) is 1. The fourth-order valence-electron chi connectivity index (χ4n) is 7.60. The van der Waals surface area contributed by atoms with Gasteiger partial charge < -0.3 is 9.80 Å². The molecule has 2 aliphatic heterocycles.